The van der Waals surface area contributed by atoms with E-state index in [-0.39, 0.29) is 44.0 Å². The summed E-state index contributed by atoms with van der Waals surface area (Å²) in [5.41, 5.74) is 0. The van der Waals surface area contributed by atoms with Crippen LogP contribution in [0.5, 0.6) is 0 Å². The number of amides is 3. The van der Waals surface area contributed by atoms with Crippen LogP contribution in [0.25, 0.3) is 0 Å². The summed E-state index contributed by atoms with van der Waals surface area (Å²) < 4.78 is 48.0. The van der Waals surface area contributed by atoms with Crippen molar-refractivity contribution >= 4 is 23.9 Å². The van der Waals surface area contributed by atoms with E-state index in [2.05, 4.69) is 10.1 Å². The highest BCUT2D eigenvalue weighted by atomic mass is 19.4. The van der Waals surface area contributed by atoms with Crippen LogP contribution in [-0.2, 0) is 23.9 Å². The van der Waals surface area contributed by atoms with Gasteiger partial charge in [-0.15, -0.1) is 0 Å². The van der Waals surface area contributed by atoms with E-state index >= 15 is 0 Å². The number of alkyl halides is 3. The van der Waals surface area contributed by atoms with Crippen molar-refractivity contribution in [1.29, 1.82) is 0 Å². The molecule has 0 spiro atoms. The van der Waals surface area contributed by atoms with E-state index in [1.807, 2.05) is 0 Å². The third kappa shape index (κ3) is 7.21. The van der Waals surface area contributed by atoms with Gasteiger partial charge in [0.25, 0.3) is 0 Å². The van der Waals surface area contributed by atoms with Crippen LogP contribution in [0.2, 0.25) is 0 Å². The van der Waals surface area contributed by atoms with E-state index in [1.54, 1.807) is 6.92 Å². The predicted molar refractivity (Wildman–Crippen MR) is 116 cm³/mol. The maximum atomic E-state index is 13.0. The van der Waals surface area contributed by atoms with Gasteiger partial charge in [0, 0.05) is 19.6 Å². The van der Waals surface area contributed by atoms with E-state index in [0.29, 0.717) is 38.3 Å². The Labute approximate surface area is 202 Å². The molecule has 3 rings (SSSR count). The fourth-order valence-electron chi connectivity index (χ4n) is 4.71. The Balaban J connectivity index is 1.59. The number of halogens is 3. The molecule has 3 amide bonds. The van der Waals surface area contributed by atoms with E-state index in [9.17, 15) is 32.3 Å². The van der Waals surface area contributed by atoms with Crippen molar-refractivity contribution in [3.05, 3.63) is 0 Å². The van der Waals surface area contributed by atoms with Gasteiger partial charge in [0.15, 0.2) is 6.23 Å². The molecule has 35 heavy (non-hydrogen) atoms. The molecule has 3 heterocycles. The van der Waals surface area contributed by atoms with Crippen LogP contribution in [-0.4, -0.2) is 103 Å². The van der Waals surface area contributed by atoms with Gasteiger partial charge in [0.05, 0.1) is 19.1 Å². The zero-order valence-electron chi connectivity index (χ0n) is 19.8. The highest BCUT2D eigenvalue weighted by molar-refractivity contribution is 5.86. The Bertz CT molecular complexity index is 782. The second-order valence-electron chi connectivity index (χ2n) is 9.10. The van der Waals surface area contributed by atoms with Crippen LogP contribution in [0.4, 0.5) is 18.0 Å². The van der Waals surface area contributed by atoms with Gasteiger partial charge in [0.1, 0.15) is 6.54 Å². The first-order chi connectivity index (χ1) is 16.6. The normalized spacial score (nSPS) is 22.5. The average Bonchev–Trinajstić information content (AvgIpc) is 3.11. The number of hydrogen-bond acceptors (Lipinski definition) is 7. The summed E-state index contributed by atoms with van der Waals surface area (Å²) in [4.78, 5) is 52.9. The Morgan fingerprint density at radius 1 is 1.09 bits per heavy atom. The van der Waals surface area contributed by atoms with E-state index in [0.717, 1.165) is 35.7 Å². The molecular weight excluding hydrogens is 473 g/mol. The maximum Gasteiger partial charge on any atom is 0.491 e. The summed E-state index contributed by atoms with van der Waals surface area (Å²) in [6.45, 7) is 3.77. The highest BCUT2D eigenvalue weighted by Gasteiger charge is 2.47. The molecule has 1 atom stereocenters. The monoisotopic (exact) mass is 506 g/mol. The molecule has 1 unspecified atom stereocenters. The zero-order valence-corrected chi connectivity index (χ0v) is 19.8. The van der Waals surface area contributed by atoms with Crippen LogP contribution in [0.1, 0.15) is 39.0 Å². The van der Waals surface area contributed by atoms with Crippen molar-refractivity contribution in [3.8, 4) is 0 Å². The van der Waals surface area contributed by atoms with Crippen molar-refractivity contribution in [2.75, 3.05) is 52.4 Å². The van der Waals surface area contributed by atoms with Gasteiger partial charge in [0.2, 0.25) is 5.91 Å². The summed E-state index contributed by atoms with van der Waals surface area (Å²) >= 11 is 0. The number of rotatable bonds is 8. The average molecular weight is 507 g/mol. The van der Waals surface area contributed by atoms with Gasteiger partial charge in [-0.3, -0.25) is 14.5 Å². The van der Waals surface area contributed by atoms with E-state index in [4.69, 9.17) is 4.74 Å². The molecule has 0 aliphatic carbocycles. The molecule has 0 aromatic heterocycles. The van der Waals surface area contributed by atoms with E-state index in [1.165, 1.54) is 4.90 Å². The minimum atomic E-state index is -5.18. The molecule has 0 aromatic rings. The number of urea groups is 1. The molecule has 3 aliphatic rings. The number of nitrogens with zero attached hydrogens (tertiary/aromatic N) is 3. The number of likely N-dealkylation sites (tertiary alicyclic amines) is 1. The summed E-state index contributed by atoms with van der Waals surface area (Å²) in [6, 6.07) is -0.631. The lowest BCUT2D eigenvalue weighted by Crippen LogP contribution is -2.46. The Morgan fingerprint density at radius 3 is 2.34 bits per heavy atom. The SMILES string of the molecule is CCOC(=O)C1CCN(C(=O)CN2CC(OC(=O)C(F)(F)F)N(CCC3CCNCC3)C2=O)CC1. The number of ether oxygens (including phenoxy) is 2. The molecule has 1 N–H and O–H groups in total. The molecule has 0 bridgehead atoms. The van der Waals surface area contributed by atoms with Crippen molar-refractivity contribution in [2.24, 2.45) is 11.8 Å². The number of carbonyl (C=O) groups excluding carboxylic acids is 4. The van der Waals surface area contributed by atoms with Gasteiger partial charge in [-0.25, -0.2) is 9.59 Å². The Morgan fingerprint density at radius 2 is 1.74 bits per heavy atom. The van der Waals surface area contributed by atoms with Crippen molar-refractivity contribution < 1.29 is 41.8 Å². The summed E-state index contributed by atoms with van der Waals surface area (Å²) in [5.74, 6) is -3.02. The number of carbonyl (C=O) groups is 4. The molecule has 3 saturated heterocycles. The Kier molecular flexibility index (Phi) is 9.20. The summed E-state index contributed by atoms with van der Waals surface area (Å²) in [7, 11) is 0. The fraction of sp³-hybridized carbons (Fsp3) is 0.818. The predicted octanol–water partition coefficient (Wildman–Crippen LogP) is 1.35. The van der Waals surface area contributed by atoms with Crippen LogP contribution in [0.3, 0.4) is 0 Å². The highest BCUT2D eigenvalue weighted by Crippen LogP contribution is 2.26. The first-order valence-electron chi connectivity index (χ1n) is 12.1. The molecule has 0 saturated carbocycles. The minimum absolute atomic E-state index is 0.134. The minimum Gasteiger partial charge on any atom is -0.466 e. The lowest BCUT2D eigenvalue weighted by molar-refractivity contribution is -0.209. The molecule has 0 radical (unpaired) electrons. The molecule has 3 fully saturated rings. The van der Waals surface area contributed by atoms with Crippen LogP contribution >= 0.6 is 0 Å². The second-order valence-corrected chi connectivity index (χ2v) is 9.10. The van der Waals surface area contributed by atoms with Gasteiger partial charge < -0.3 is 24.6 Å². The molecule has 10 nitrogen and oxygen atoms in total. The largest absolute Gasteiger partial charge is 0.491 e. The van der Waals surface area contributed by atoms with Crippen LogP contribution in [0.15, 0.2) is 0 Å². The van der Waals surface area contributed by atoms with Crippen molar-refractivity contribution in [1.82, 2.24) is 20.0 Å². The third-order valence-electron chi connectivity index (χ3n) is 6.75. The van der Waals surface area contributed by atoms with Crippen molar-refractivity contribution in [2.45, 2.75) is 51.4 Å². The standard InChI is InChI=1S/C22H33F3N4O6/c1-2-34-19(31)16-6-10-27(11-7-16)17(30)13-28-14-18(35-20(32)22(23,24)25)29(21(28)33)12-5-15-3-8-26-9-4-15/h15-16,18,26H,2-14H2,1H3. The Hall–Kier alpha value is -2.57. The first-order valence-corrected chi connectivity index (χ1v) is 12.1. The molecule has 198 valence electrons. The zero-order chi connectivity index (χ0) is 25.6. The first kappa shape index (κ1) is 27.0. The smallest absolute Gasteiger partial charge is 0.466 e. The van der Waals surface area contributed by atoms with Crippen LogP contribution in [0, 0.1) is 11.8 Å². The quantitative estimate of drug-likeness (QED) is 0.495. The number of nitrogens with one attached hydrogen (secondary N) is 1. The van der Waals surface area contributed by atoms with Gasteiger partial charge in [-0.2, -0.15) is 13.2 Å². The van der Waals surface area contributed by atoms with Crippen molar-refractivity contribution in [3.63, 3.8) is 0 Å². The summed E-state index contributed by atoms with van der Waals surface area (Å²) in [6.07, 6.45) is -3.38. The summed E-state index contributed by atoms with van der Waals surface area (Å²) in [5, 5.41) is 3.23. The van der Waals surface area contributed by atoms with Gasteiger partial charge in [-0.1, -0.05) is 0 Å². The molecule has 3 aliphatic heterocycles. The van der Waals surface area contributed by atoms with Gasteiger partial charge >= 0.3 is 24.1 Å². The molecular formula is C22H33F3N4O6. The topological polar surface area (TPSA) is 108 Å². The maximum absolute atomic E-state index is 13.0. The van der Waals surface area contributed by atoms with Crippen LogP contribution < -0.4 is 5.32 Å². The third-order valence-corrected chi connectivity index (χ3v) is 6.75. The second kappa shape index (κ2) is 11.9. The lowest BCUT2D eigenvalue weighted by atomic mass is 9.94. The van der Waals surface area contributed by atoms with Gasteiger partial charge in [-0.05, 0) is 58.0 Å². The fourth-order valence-corrected chi connectivity index (χ4v) is 4.71. The number of piperidine rings is 2. The number of hydrogen-bond donors (Lipinski definition) is 1. The molecule has 13 heteroatoms. The number of esters is 2. The van der Waals surface area contributed by atoms with E-state index < -0.39 is 24.4 Å². The lowest BCUT2D eigenvalue weighted by Gasteiger charge is -2.32. The molecule has 0 aromatic carbocycles.